The Hall–Kier alpha value is -5.76. The molecule has 0 radical (unpaired) electrons. The average Bonchev–Trinajstić information content (AvgIpc) is 4.07. The lowest BCUT2D eigenvalue weighted by molar-refractivity contribution is 0.0787. The van der Waals surface area contributed by atoms with Gasteiger partial charge in [-0.05, 0) is 124 Å². The Morgan fingerprint density at radius 1 is 0.486 bits per heavy atom. The predicted molar refractivity (Wildman–Crippen MR) is 269 cm³/mol. The van der Waals surface area contributed by atoms with Crippen LogP contribution in [0.4, 0.5) is 40.6 Å². The van der Waals surface area contributed by atoms with Crippen molar-refractivity contribution in [2.75, 3.05) is 125 Å². The van der Waals surface area contributed by atoms with Gasteiger partial charge in [0.1, 0.15) is 34.9 Å². The second kappa shape index (κ2) is 21.4. The van der Waals surface area contributed by atoms with Crippen LogP contribution in [0, 0.1) is 23.3 Å². The van der Waals surface area contributed by atoms with E-state index in [9.17, 15) is 27.8 Å². The zero-order chi connectivity index (χ0) is 49.3. The summed E-state index contributed by atoms with van der Waals surface area (Å²) < 4.78 is 67.4. The van der Waals surface area contributed by atoms with E-state index < -0.39 is 35.5 Å². The number of aliphatic hydroxyl groups excluding tert-OH is 2. The molecule has 0 spiro atoms. The van der Waals surface area contributed by atoms with Crippen LogP contribution in [0.25, 0.3) is 22.1 Å². The largest absolute Gasteiger partial charge is 0.387 e. The number of aromatic nitrogens is 4. The third-order valence-electron chi connectivity index (χ3n) is 15.2. The first-order valence-corrected chi connectivity index (χ1v) is 25.6. The number of β-amino-alcohol motifs (C(OH)–C–C–N with tert-alkyl or cyclic N) is 2. The van der Waals surface area contributed by atoms with Gasteiger partial charge in [-0.25, -0.2) is 27.5 Å². The maximum absolute atomic E-state index is 14.1. The first-order valence-electron chi connectivity index (χ1n) is 25.6. The van der Waals surface area contributed by atoms with Crippen molar-refractivity contribution in [1.29, 1.82) is 0 Å². The first kappa shape index (κ1) is 48.5. The molecule has 6 aromatic rings. The number of halogens is 4. The Morgan fingerprint density at radius 3 is 1.24 bits per heavy atom. The lowest BCUT2D eigenvalue weighted by Crippen LogP contribution is -2.39. The fraction of sp³-hybridized carbons (Fsp3) is 0.481. The van der Waals surface area contributed by atoms with E-state index in [2.05, 4.69) is 29.4 Å². The smallest absolute Gasteiger partial charge is 0.148 e. The van der Waals surface area contributed by atoms with Crippen LogP contribution in [0.1, 0.15) is 85.1 Å². The van der Waals surface area contributed by atoms with E-state index in [-0.39, 0.29) is 12.1 Å². The maximum Gasteiger partial charge on any atom is 0.148 e. The minimum Gasteiger partial charge on any atom is -0.387 e. The summed E-state index contributed by atoms with van der Waals surface area (Å²) in [5.74, 6) is -0.769. The fourth-order valence-electron chi connectivity index (χ4n) is 11.1. The number of hydrogen-bond acceptors (Lipinski definition) is 14. The molecule has 0 saturated carbocycles. The second-order valence-electron chi connectivity index (χ2n) is 19.9. The highest BCUT2D eigenvalue weighted by atomic mass is 19.1. The molecule has 4 unspecified atom stereocenters. The lowest BCUT2D eigenvalue weighted by Gasteiger charge is -2.33. The van der Waals surface area contributed by atoms with Crippen LogP contribution in [0.2, 0.25) is 0 Å². The van der Waals surface area contributed by atoms with Crippen molar-refractivity contribution < 1.29 is 37.2 Å². The number of fused-ring (bicyclic) bond motifs is 2. The number of ether oxygens (including phenoxy) is 2. The lowest BCUT2D eigenvalue weighted by atomic mass is 9.96. The van der Waals surface area contributed by atoms with Gasteiger partial charge in [0.25, 0.3) is 0 Å². The van der Waals surface area contributed by atoms with E-state index in [1.807, 2.05) is 24.3 Å². The van der Waals surface area contributed by atoms with Gasteiger partial charge in [-0.3, -0.25) is 9.97 Å². The first-order chi connectivity index (χ1) is 35.1. The molecule has 72 heavy (non-hydrogen) atoms. The van der Waals surface area contributed by atoms with Crippen molar-refractivity contribution in [2.45, 2.75) is 62.8 Å². The Labute approximate surface area is 416 Å². The molecular formula is C54H62F4N10O4. The molecule has 380 valence electrons. The van der Waals surface area contributed by atoms with E-state index in [1.165, 1.54) is 24.3 Å². The standard InChI is InChI=1S/2C27H31F2N5O2/c2*28-19-13-20(29)15-21(14-19)34-6-1-3-24(34)22-11-18(25(35)17-32-4-2-5-32)12-23-27(22)31-26(16-30-23)33-7-9-36-10-8-33/h2*11-16,24-25,35H,1-10,17H2. The average molecular weight is 991 g/mol. The van der Waals surface area contributed by atoms with Crippen LogP contribution >= 0.6 is 0 Å². The summed E-state index contributed by atoms with van der Waals surface area (Å²) in [7, 11) is 0. The highest BCUT2D eigenvalue weighted by Crippen LogP contribution is 2.42. The summed E-state index contributed by atoms with van der Waals surface area (Å²) >= 11 is 0. The Kier molecular flexibility index (Phi) is 14.4. The van der Waals surface area contributed by atoms with Crippen LogP contribution in [-0.2, 0) is 9.47 Å². The monoisotopic (exact) mass is 990 g/mol. The number of anilines is 4. The van der Waals surface area contributed by atoms with Crippen LogP contribution in [0.15, 0.2) is 73.1 Å². The van der Waals surface area contributed by atoms with Crippen molar-refractivity contribution in [3.05, 3.63) is 119 Å². The topological polar surface area (TPSA) is 130 Å². The van der Waals surface area contributed by atoms with E-state index in [0.717, 1.165) is 159 Å². The fourth-order valence-corrected chi connectivity index (χ4v) is 11.1. The number of hydrogen-bond donors (Lipinski definition) is 2. The number of benzene rings is 4. The summed E-state index contributed by atoms with van der Waals surface area (Å²) in [5, 5.41) is 22.1. The Morgan fingerprint density at radius 2 is 0.875 bits per heavy atom. The van der Waals surface area contributed by atoms with Crippen molar-refractivity contribution in [3.63, 3.8) is 0 Å². The van der Waals surface area contributed by atoms with Crippen LogP contribution in [0.5, 0.6) is 0 Å². The zero-order valence-corrected chi connectivity index (χ0v) is 40.5. The van der Waals surface area contributed by atoms with Crippen molar-refractivity contribution in [1.82, 2.24) is 29.7 Å². The molecule has 0 amide bonds. The van der Waals surface area contributed by atoms with Gasteiger partial charge in [-0.1, -0.05) is 0 Å². The van der Waals surface area contributed by atoms with Crippen LogP contribution in [0.3, 0.4) is 0 Å². The van der Waals surface area contributed by atoms with Crippen molar-refractivity contribution in [2.24, 2.45) is 0 Å². The van der Waals surface area contributed by atoms with E-state index in [4.69, 9.17) is 29.4 Å². The third-order valence-corrected chi connectivity index (χ3v) is 15.2. The number of aliphatic hydroxyl groups is 2. The quantitative estimate of drug-likeness (QED) is 0.117. The van der Waals surface area contributed by atoms with Crippen LogP contribution in [-0.4, -0.2) is 145 Å². The SMILES string of the molecule is OC(CN1CCC1)c1cc(C2CCCN2c2cc(F)cc(F)c2)c2nc(N3CCOCC3)cnc2c1.OC(CN1CCC1)c1cc(C2CCCN2c2cc(F)cc(F)c2)c2nc(N3CCOCC3)cnc2c1. The van der Waals surface area contributed by atoms with E-state index >= 15 is 0 Å². The zero-order valence-electron chi connectivity index (χ0n) is 40.5. The summed E-state index contributed by atoms with van der Waals surface area (Å²) in [6.45, 7) is 12.1. The van der Waals surface area contributed by atoms with Crippen LogP contribution < -0.4 is 19.6 Å². The van der Waals surface area contributed by atoms with Crippen molar-refractivity contribution in [3.8, 4) is 0 Å². The predicted octanol–water partition coefficient (Wildman–Crippen LogP) is 7.65. The number of nitrogens with zero attached hydrogens (tertiary/aromatic N) is 10. The molecule has 0 bridgehead atoms. The number of morpholine rings is 2. The molecule has 2 aromatic heterocycles. The number of rotatable bonds is 12. The molecule has 6 saturated heterocycles. The van der Waals surface area contributed by atoms with Gasteiger partial charge < -0.3 is 49.1 Å². The van der Waals surface area contributed by atoms with Gasteiger partial charge in [0.2, 0.25) is 0 Å². The van der Waals surface area contributed by atoms with Gasteiger partial charge in [-0.15, -0.1) is 0 Å². The number of likely N-dealkylation sites (tertiary alicyclic amines) is 2. The summed E-state index contributed by atoms with van der Waals surface area (Å²) in [6.07, 6.45) is 8.04. The van der Waals surface area contributed by atoms with Crippen molar-refractivity contribution >= 4 is 45.1 Å². The van der Waals surface area contributed by atoms with Gasteiger partial charge in [-0.2, -0.15) is 0 Å². The molecule has 4 aromatic carbocycles. The molecule has 2 N–H and O–H groups in total. The molecule has 14 nitrogen and oxygen atoms in total. The molecule has 6 aliphatic rings. The van der Waals surface area contributed by atoms with Gasteiger partial charge in [0.05, 0.1) is 85.2 Å². The summed E-state index contributed by atoms with van der Waals surface area (Å²) in [6, 6.07) is 15.0. The second-order valence-corrected chi connectivity index (χ2v) is 19.9. The Bertz CT molecular complexity index is 2650. The molecule has 18 heteroatoms. The maximum atomic E-state index is 14.1. The highest BCUT2D eigenvalue weighted by molar-refractivity contribution is 5.83. The van der Waals surface area contributed by atoms with Gasteiger partial charge in [0, 0.05) is 87.0 Å². The highest BCUT2D eigenvalue weighted by Gasteiger charge is 2.33. The molecular weight excluding hydrogens is 929 g/mol. The molecule has 0 aliphatic carbocycles. The molecule has 6 aliphatic heterocycles. The van der Waals surface area contributed by atoms with Gasteiger partial charge >= 0.3 is 0 Å². The normalized spacial score (nSPS) is 21.7. The van der Waals surface area contributed by atoms with E-state index in [1.54, 1.807) is 12.4 Å². The summed E-state index contributed by atoms with van der Waals surface area (Å²) in [5.41, 5.74) is 7.51. The molecule has 8 heterocycles. The molecule has 12 rings (SSSR count). The molecule has 4 atom stereocenters. The van der Waals surface area contributed by atoms with E-state index in [0.29, 0.717) is 64.0 Å². The Balaban J connectivity index is 0.000000156. The van der Waals surface area contributed by atoms with Gasteiger partial charge in [0.15, 0.2) is 0 Å². The minimum absolute atomic E-state index is 0.126. The third kappa shape index (κ3) is 10.5. The molecule has 6 fully saturated rings. The summed E-state index contributed by atoms with van der Waals surface area (Å²) in [4.78, 5) is 32.5. The minimum atomic E-state index is -0.643.